The second-order valence-electron chi connectivity index (χ2n) is 4.13. The highest BCUT2D eigenvalue weighted by molar-refractivity contribution is 5.93. The Balaban J connectivity index is 2.07. The minimum Gasteiger partial charge on any atom is -0.346 e. The van der Waals surface area contributed by atoms with E-state index in [2.05, 4.69) is 22.1 Å². The van der Waals surface area contributed by atoms with E-state index in [4.69, 9.17) is 5.26 Å². The zero-order valence-corrected chi connectivity index (χ0v) is 9.72. The normalized spacial score (nSPS) is 10.4. The molecule has 1 N–H and O–H groups in total. The molecule has 0 aliphatic heterocycles. The van der Waals surface area contributed by atoms with E-state index in [1.54, 1.807) is 6.20 Å². The summed E-state index contributed by atoms with van der Waals surface area (Å²) in [5, 5.41) is 9.77. The van der Waals surface area contributed by atoms with Gasteiger partial charge in [-0.25, -0.2) is 4.98 Å². The molecule has 0 aliphatic carbocycles. The van der Waals surface area contributed by atoms with Crippen LogP contribution in [-0.2, 0) is 6.42 Å². The molecule has 3 heteroatoms. The average molecular weight is 233 g/mol. The number of rotatable bonds is 2. The predicted octanol–water partition coefficient (Wildman–Crippen LogP) is 3.30. The van der Waals surface area contributed by atoms with Gasteiger partial charge in [-0.05, 0) is 23.3 Å². The average Bonchev–Trinajstić information content (AvgIpc) is 2.84. The molecule has 0 bridgehead atoms. The van der Waals surface area contributed by atoms with Crippen LogP contribution in [0.1, 0.15) is 5.56 Å². The largest absolute Gasteiger partial charge is 0.346 e. The number of fused-ring (bicyclic) bond motifs is 1. The van der Waals surface area contributed by atoms with E-state index in [1.807, 2.05) is 36.5 Å². The maximum absolute atomic E-state index is 8.65. The standard InChI is InChI=1S/C15H11N3/c16-8-7-11-3-5-12(6-4-11)14-10-18-15-13(14)2-1-9-17-15/h1-6,9-10H,7H2,(H,17,18). The van der Waals surface area contributed by atoms with Crippen molar-refractivity contribution in [2.45, 2.75) is 6.42 Å². The molecular weight excluding hydrogens is 222 g/mol. The number of nitrogens with one attached hydrogen (secondary N) is 1. The fourth-order valence-electron chi connectivity index (χ4n) is 2.09. The van der Waals surface area contributed by atoms with Gasteiger partial charge in [0.2, 0.25) is 0 Å². The Bertz CT molecular complexity index is 717. The van der Waals surface area contributed by atoms with Gasteiger partial charge in [0.05, 0.1) is 12.5 Å². The maximum Gasteiger partial charge on any atom is 0.137 e. The number of hydrogen-bond donors (Lipinski definition) is 1. The summed E-state index contributed by atoms with van der Waals surface area (Å²) < 4.78 is 0. The van der Waals surface area contributed by atoms with Crippen LogP contribution >= 0.6 is 0 Å². The second kappa shape index (κ2) is 4.34. The van der Waals surface area contributed by atoms with E-state index in [9.17, 15) is 0 Å². The van der Waals surface area contributed by atoms with Gasteiger partial charge >= 0.3 is 0 Å². The number of benzene rings is 1. The smallest absolute Gasteiger partial charge is 0.137 e. The quantitative estimate of drug-likeness (QED) is 0.738. The number of aromatic amines is 1. The highest BCUT2D eigenvalue weighted by atomic mass is 14.8. The molecule has 3 nitrogen and oxygen atoms in total. The van der Waals surface area contributed by atoms with E-state index >= 15 is 0 Å². The van der Waals surface area contributed by atoms with Crippen molar-refractivity contribution in [3.05, 3.63) is 54.4 Å². The molecule has 2 aromatic heterocycles. The monoisotopic (exact) mass is 233 g/mol. The summed E-state index contributed by atoms with van der Waals surface area (Å²) in [6.45, 7) is 0. The summed E-state index contributed by atoms with van der Waals surface area (Å²) >= 11 is 0. The SMILES string of the molecule is N#CCc1ccc(-c2c[nH]c3ncccc23)cc1. The number of H-pyrrole nitrogens is 1. The lowest BCUT2D eigenvalue weighted by atomic mass is 10.0. The van der Waals surface area contributed by atoms with Crippen LogP contribution in [0.5, 0.6) is 0 Å². The molecule has 3 aromatic rings. The van der Waals surface area contributed by atoms with E-state index < -0.39 is 0 Å². The van der Waals surface area contributed by atoms with Crippen molar-refractivity contribution >= 4 is 11.0 Å². The van der Waals surface area contributed by atoms with Crippen molar-refractivity contribution < 1.29 is 0 Å². The molecule has 0 saturated heterocycles. The first-order valence-electron chi connectivity index (χ1n) is 5.77. The van der Waals surface area contributed by atoms with Crippen LogP contribution in [0.4, 0.5) is 0 Å². The lowest BCUT2D eigenvalue weighted by molar-refractivity contribution is 1.26. The number of hydrogen-bond acceptors (Lipinski definition) is 2. The molecule has 0 radical (unpaired) electrons. The zero-order valence-electron chi connectivity index (χ0n) is 9.72. The predicted molar refractivity (Wildman–Crippen MR) is 70.8 cm³/mol. The summed E-state index contributed by atoms with van der Waals surface area (Å²) in [4.78, 5) is 7.44. The molecule has 1 aromatic carbocycles. The fourth-order valence-corrected chi connectivity index (χ4v) is 2.09. The van der Waals surface area contributed by atoms with Gasteiger partial charge in [-0.3, -0.25) is 0 Å². The highest BCUT2D eigenvalue weighted by Crippen LogP contribution is 2.27. The van der Waals surface area contributed by atoms with Gasteiger partial charge in [-0.2, -0.15) is 5.26 Å². The molecule has 0 saturated carbocycles. The molecular formula is C15H11N3. The van der Waals surface area contributed by atoms with Crippen molar-refractivity contribution in [2.24, 2.45) is 0 Å². The Kier molecular flexibility index (Phi) is 2.54. The highest BCUT2D eigenvalue weighted by Gasteiger charge is 2.05. The van der Waals surface area contributed by atoms with Crippen molar-refractivity contribution in [2.75, 3.05) is 0 Å². The molecule has 0 aliphatic rings. The molecule has 3 rings (SSSR count). The van der Waals surface area contributed by atoms with Crippen LogP contribution in [0, 0.1) is 11.3 Å². The van der Waals surface area contributed by atoms with Gasteiger partial charge < -0.3 is 4.98 Å². The Morgan fingerprint density at radius 3 is 2.78 bits per heavy atom. The zero-order chi connectivity index (χ0) is 12.4. The lowest BCUT2D eigenvalue weighted by Crippen LogP contribution is -1.81. The van der Waals surface area contributed by atoms with E-state index in [-0.39, 0.29) is 0 Å². The van der Waals surface area contributed by atoms with E-state index in [0.717, 1.165) is 27.7 Å². The molecule has 86 valence electrons. The fraction of sp³-hybridized carbons (Fsp3) is 0.0667. The first-order valence-corrected chi connectivity index (χ1v) is 5.77. The third-order valence-electron chi connectivity index (χ3n) is 3.00. The van der Waals surface area contributed by atoms with Gasteiger partial charge in [0.1, 0.15) is 5.65 Å². The number of nitrogens with zero attached hydrogens (tertiary/aromatic N) is 2. The molecule has 0 fully saturated rings. The van der Waals surface area contributed by atoms with E-state index in [0.29, 0.717) is 6.42 Å². The molecule has 0 atom stereocenters. The Morgan fingerprint density at radius 1 is 1.17 bits per heavy atom. The minimum absolute atomic E-state index is 0.454. The first-order chi connectivity index (χ1) is 8.88. The third-order valence-corrected chi connectivity index (χ3v) is 3.00. The number of aromatic nitrogens is 2. The van der Waals surface area contributed by atoms with Crippen LogP contribution in [0.15, 0.2) is 48.8 Å². The Morgan fingerprint density at radius 2 is 2.00 bits per heavy atom. The topological polar surface area (TPSA) is 52.5 Å². The van der Waals surface area contributed by atoms with Crippen LogP contribution in [0.2, 0.25) is 0 Å². The van der Waals surface area contributed by atoms with Crippen molar-refractivity contribution in [3.63, 3.8) is 0 Å². The summed E-state index contributed by atoms with van der Waals surface area (Å²) in [7, 11) is 0. The summed E-state index contributed by atoms with van der Waals surface area (Å²) in [6, 6.07) is 14.2. The van der Waals surface area contributed by atoms with Gasteiger partial charge in [0.15, 0.2) is 0 Å². The van der Waals surface area contributed by atoms with Crippen LogP contribution in [0.25, 0.3) is 22.2 Å². The second-order valence-corrected chi connectivity index (χ2v) is 4.13. The first kappa shape index (κ1) is 10.5. The molecule has 0 amide bonds. The van der Waals surface area contributed by atoms with Crippen LogP contribution in [-0.4, -0.2) is 9.97 Å². The third kappa shape index (κ3) is 1.74. The summed E-state index contributed by atoms with van der Waals surface area (Å²) in [5.74, 6) is 0. The van der Waals surface area contributed by atoms with Crippen molar-refractivity contribution in [3.8, 4) is 17.2 Å². The molecule has 2 heterocycles. The van der Waals surface area contributed by atoms with Gasteiger partial charge in [-0.1, -0.05) is 24.3 Å². The van der Waals surface area contributed by atoms with Gasteiger partial charge in [0, 0.05) is 23.3 Å². The molecule has 0 unspecified atom stereocenters. The van der Waals surface area contributed by atoms with Crippen molar-refractivity contribution in [1.29, 1.82) is 5.26 Å². The molecule has 18 heavy (non-hydrogen) atoms. The van der Waals surface area contributed by atoms with Gasteiger partial charge in [-0.15, -0.1) is 0 Å². The number of nitriles is 1. The minimum atomic E-state index is 0.454. The van der Waals surface area contributed by atoms with Crippen molar-refractivity contribution in [1.82, 2.24) is 9.97 Å². The molecule has 0 spiro atoms. The van der Waals surface area contributed by atoms with Gasteiger partial charge in [0.25, 0.3) is 0 Å². The summed E-state index contributed by atoms with van der Waals surface area (Å²) in [5.41, 5.74) is 4.21. The lowest BCUT2D eigenvalue weighted by Gasteiger charge is -2.00. The van der Waals surface area contributed by atoms with Crippen LogP contribution in [0.3, 0.4) is 0 Å². The summed E-state index contributed by atoms with van der Waals surface area (Å²) in [6.07, 6.45) is 4.20. The Labute approximate surface area is 105 Å². The Hall–Kier alpha value is -2.60. The van der Waals surface area contributed by atoms with E-state index in [1.165, 1.54) is 0 Å². The number of pyridine rings is 1. The maximum atomic E-state index is 8.65. The van der Waals surface area contributed by atoms with Crippen LogP contribution < -0.4 is 0 Å².